The fourth-order valence-corrected chi connectivity index (χ4v) is 3.55. The van der Waals surface area contributed by atoms with Crippen molar-refractivity contribution in [2.45, 2.75) is 37.1 Å². The average Bonchev–Trinajstić information content (AvgIpc) is 2.46. The first-order valence-corrected chi connectivity index (χ1v) is 7.45. The Morgan fingerprint density at radius 2 is 2.35 bits per heavy atom. The third-order valence-corrected chi connectivity index (χ3v) is 4.58. The normalized spacial score (nSPS) is 24.1. The van der Waals surface area contributed by atoms with Crippen molar-refractivity contribution in [3.63, 3.8) is 0 Å². The number of halogens is 1. The number of fused-ring (bicyclic) bond motifs is 1. The van der Waals surface area contributed by atoms with Crippen LogP contribution in [0.1, 0.15) is 37.8 Å². The van der Waals surface area contributed by atoms with E-state index in [1.807, 2.05) is 0 Å². The van der Waals surface area contributed by atoms with Gasteiger partial charge in [0, 0.05) is 16.7 Å². The molecule has 1 aliphatic rings. The summed E-state index contributed by atoms with van der Waals surface area (Å²) in [5, 5.41) is 3.41. The van der Waals surface area contributed by atoms with Gasteiger partial charge in [-0.15, -0.1) is 0 Å². The van der Waals surface area contributed by atoms with Crippen molar-refractivity contribution in [1.82, 2.24) is 5.32 Å². The highest BCUT2D eigenvalue weighted by Crippen LogP contribution is 2.29. The fraction of sp³-hybridized carbons (Fsp3) is 0.538. The highest BCUT2D eigenvalue weighted by Gasteiger charge is 2.22. The predicted octanol–water partition coefficient (Wildman–Crippen LogP) is 2.77. The Morgan fingerprint density at radius 1 is 1.53 bits per heavy atom. The van der Waals surface area contributed by atoms with Crippen LogP contribution in [-0.4, -0.2) is 16.5 Å². The number of rotatable bonds is 3. The Balaban J connectivity index is 2.34. The van der Waals surface area contributed by atoms with Gasteiger partial charge < -0.3 is 5.32 Å². The molecule has 2 nitrogen and oxygen atoms in total. The van der Waals surface area contributed by atoms with Crippen molar-refractivity contribution in [3.8, 4) is 0 Å². The zero-order valence-corrected chi connectivity index (χ0v) is 10.9. The second-order valence-electron chi connectivity index (χ2n) is 4.38. The lowest BCUT2D eigenvalue weighted by molar-refractivity contribution is 0.489. The maximum absolute atomic E-state index is 13.3. The molecule has 0 amide bonds. The van der Waals surface area contributed by atoms with Gasteiger partial charge in [-0.2, -0.15) is 0 Å². The van der Waals surface area contributed by atoms with Crippen LogP contribution in [0.2, 0.25) is 0 Å². The lowest BCUT2D eigenvalue weighted by atomic mass is 10.0. The van der Waals surface area contributed by atoms with E-state index in [1.165, 1.54) is 12.1 Å². The van der Waals surface area contributed by atoms with Gasteiger partial charge in [0.2, 0.25) is 0 Å². The molecule has 2 rings (SSSR count). The van der Waals surface area contributed by atoms with Crippen LogP contribution in [0.25, 0.3) is 0 Å². The summed E-state index contributed by atoms with van der Waals surface area (Å²) in [5.41, 5.74) is 0.884. The molecule has 0 bridgehead atoms. The minimum Gasteiger partial charge on any atom is -0.310 e. The molecule has 0 saturated heterocycles. The molecule has 2 unspecified atom stereocenters. The van der Waals surface area contributed by atoms with E-state index in [9.17, 15) is 8.60 Å². The summed E-state index contributed by atoms with van der Waals surface area (Å²) in [5.74, 6) is 0.439. The predicted molar refractivity (Wildman–Crippen MR) is 67.9 cm³/mol. The smallest absolute Gasteiger partial charge is 0.123 e. The van der Waals surface area contributed by atoms with Crippen molar-refractivity contribution >= 4 is 10.8 Å². The number of benzene rings is 1. The standard InChI is InChI=1S/C13H18FNOS/c1-2-7-15-12-4-3-8-17(16)13-6-5-10(14)9-11(12)13/h5-6,9,12,15H,2-4,7-8H2,1H3. The zero-order valence-electron chi connectivity index (χ0n) is 10.0. The summed E-state index contributed by atoms with van der Waals surface area (Å²) >= 11 is 0. The molecule has 0 fully saturated rings. The van der Waals surface area contributed by atoms with E-state index in [4.69, 9.17) is 0 Å². The first-order valence-electron chi connectivity index (χ1n) is 6.13. The molecule has 4 heteroatoms. The van der Waals surface area contributed by atoms with Crippen molar-refractivity contribution < 1.29 is 8.60 Å². The topological polar surface area (TPSA) is 29.1 Å². The van der Waals surface area contributed by atoms with E-state index in [0.29, 0.717) is 5.75 Å². The molecule has 1 heterocycles. The van der Waals surface area contributed by atoms with Crippen LogP contribution in [0.3, 0.4) is 0 Å². The zero-order chi connectivity index (χ0) is 12.3. The lowest BCUT2D eigenvalue weighted by Gasteiger charge is -2.18. The van der Waals surface area contributed by atoms with Crippen LogP contribution in [0.15, 0.2) is 23.1 Å². The van der Waals surface area contributed by atoms with Gasteiger partial charge in [0.1, 0.15) is 5.82 Å². The molecule has 1 aliphatic heterocycles. The molecule has 94 valence electrons. The van der Waals surface area contributed by atoms with E-state index in [-0.39, 0.29) is 11.9 Å². The fourth-order valence-electron chi connectivity index (χ4n) is 2.21. The molecule has 0 radical (unpaired) electrons. The SMILES string of the molecule is CCCNC1CCCS(=O)c2ccc(F)cc21. The molecule has 1 aromatic rings. The summed E-state index contributed by atoms with van der Waals surface area (Å²) in [6, 6.07) is 4.75. The summed E-state index contributed by atoms with van der Waals surface area (Å²) in [4.78, 5) is 0.803. The van der Waals surface area contributed by atoms with Gasteiger partial charge in [-0.1, -0.05) is 6.92 Å². The largest absolute Gasteiger partial charge is 0.310 e. The summed E-state index contributed by atoms with van der Waals surface area (Å²) < 4.78 is 25.3. The molecular formula is C13H18FNOS. The molecule has 2 atom stereocenters. The molecule has 0 saturated carbocycles. The maximum atomic E-state index is 13.3. The molecular weight excluding hydrogens is 237 g/mol. The number of hydrogen-bond acceptors (Lipinski definition) is 2. The molecule has 0 aliphatic carbocycles. The third-order valence-electron chi connectivity index (χ3n) is 3.06. The van der Waals surface area contributed by atoms with Crippen molar-refractivity contribution in [2.24, 2.45) is 0 Å². The monoisotopic (exact) mass is 255 g/mol. The molecule has 17 heavy (non-hydrogen) atoms. The quantitative estimate of drug-likeness (QED) is 0.900. The molecule has 1 N–H and O–H groups in total. The molecule has 1 aromatic carbocycles. The van der Waals surface area contributed by atoms with Gasteiger partial charge in [0.25, 0.3) is 0 Å². The van der Waals surface area contributed by atoms with Gasteiger partial charge in [-0.05, 0) is 49.6 Å². The third kappa shape index (κ3) is 2.93. The van der Waals surface area contributed by atoms with Gasteiger partial charge >= 0.3 is 0 Å². The number of hydrogen-bond donors (Lipinski definition) is 1. The van der Waals surface area contributed by atoms with Crippen LogP contribution in [0, 0.1) is 5.82 Å². The Hall–Kier alpha value is -0.740. The van der Waals surface area contributed by atoms with Gasteiger partial charge in [0.05, 0.1) is 10.8 Å². The first kappa shape index (κ1) is 12.7. The Bertz CT molecular complexity index is 422. The van der Waals surface area contributed by atoms with Crippen molar-refractivity contribution in [3.05, 3.63) is 29.6 Å². The van der Waals surface area contributed by atoms with E-state index in [1.54, 1.807) is 6.07 Å². The van der Waals surface area contributed by atoms with Crippen LogP contribution in [0.4, 0.5) is 4.39 Å². The van der Waals surface area contributed by atoms with Crippen molar-refractivity contribution in [2.75, 3.05) is 12.3 Å². The maximum Gasteiger partial charge on any atom is 0.123 e. The van der Waals surface area contributed by atoms with Crippen molar-refractivity contribution in [1.29, 1.82) is 0 Å². The minimum absolute atomic E-state index is 0.145. The molecule has 0 aromatic heterocycles. The average molecular weight is 255 g/mol. The minimum atomic E-state index is -0.974. The second kappa shape index (κ2) is 5.74. The van der Waals surface area contributed by atoms with Gasteiger partial charge in [0.15, 0.2) is 0 Å². The molecule has 0 spiro atoms. The van der Waals surface area contributed by atoms with Crippen LogP contribution >= 0.6 is 0 Å². The number of nitrogens with one attached hydrogen (secondary N) is 1. The summed E-state index contributed by atoms with van der Waals surface area (Å²) in [6.45, 7) is 3.02. The Kier molecular flexibility index (Phi) is 4.29. The van der Waals surface area contributed by atoms with Gasteiger partial charge in [-0.25, -0.2) is 4.39 Å². The second-order valence-corrected chi connectivity index (χ2v) is 5.92. The van der Waals surface area contributed by atoms with E-state index in [2.05, 4.69) is 12.2 Å². The summed E-state index contributed by atoms with van der Waals surface area (Å²) in [6.07, 6.45) is 2.90. The highest BCUT2D eigenvalue weighted by molar-refractivity contribution is 7.85. The first-order chi connectivity index (χ1) is 8.22. The Morgan fingerprint density at radius 3 is 3.12 bits per heavy atom. The van der Waals surface area contributed by atoms with Gasteiger partial charge in [-0.3, -0.25) is 4.21 Å². The van der Waals surface area contributed by atoms with E-state index >= 15 is 0 Å². The van der Waals surface area contributed by atoms with E-state index < -0.39 is 10.8 Å². The lowest BCUT2D eigenvalue weighted by Crippen LogP contribution is -2.22. The van der Waals surface area contributed by atoms with Crippen LogP contribution in [-0.2, 0) is 10.8 Å². The van der Waals surface area contributed by atoms with Crippen LogP contribution < -0.4 is 5.32 Å². The summed E-state index contributed by atoms with van der Waals surface area (Å²) in [7, 11) is -0.974. The van der Waals surface area contributed by atoms with Crippen LogP contribution in [0.5, 0.6) is 0 Å². The van der Waals surface area contributed by atoms with E-state index in [0.717, 1.165) is 36.3 Å². The Labute approximate surface area is 104 Å². The highest BCUT2D eigenvalue weighted by atomic mass is 32.2.